The number of carbonyl (C=O) groups is 1. The third-order valence-corrected chi connectivity index (χ3v) is 5.66. The Kier molecular flexibility index (Phi) is 6.75. The van der Waals surface area contributed by atoms with Crippen molar-refractivity contribution in [1.82, 2.24) is 15.4 Å². The molecule has 4 aromatic rings. The number of pyridine rings is 1. The lowest BCUT2D eigenvalue weighted by Gasteiger charge is -2.04. The summed E-state index contributed by atoms with van der Waals surface area (Å²) in [5.41, 5.74) is 9.81. The number of rotatable bonds is 8. The minimum absolute atomic E-state index is 0.285. The molecule has 162 valence electrons. The molecule has 1 amide bonds. The fourth-order valence-electron chi connectivity index (χ4n) is 3.78. The summed E-state index contributed by atoms with van der Waals surface area (Å²) in [6.07, 6.45) is 9.27. The van der Waals surface area contributed by atoms with Crippen molar-refractivity contribution < 1.29 is 4.79 Å². The van der Waals surface area contributed by atoms with Crippen LogP contribution < -0.4 is 5.43 Å². The molecule has 0 aliphatic heterocycles. The Labute approximate surface area is 188 Å². The minimum atomic E-state index is -0.285. The number of H-pyrrole nitrogens is 1. The smallest absolute Gasteiger partial charge is 0.272 e. The van der Waals surface area contributed by atoms with Crippen LogP contribution in [-0.4, -0.2) is 22.1 Å². The molecule has 0 saturated heterocycles. The Morgan fingerprint density at radius 1 is 1.09 bits per heavy atom. The topological polar surface area (TPSA) is 70.1 Å². The predicted octanol–water partition coefficient (Wildman–Crippen LogP) is 5.90. The lowest BCUT2D eigenvalue weighted by molar-refractivity contribution is 0.0955. The molecule has 4 rings (SSSR count). The summed E-state index contributed by atoms with van der Waals surface area (Å²) in [5, 5.41) is 5.38. The van der Waals surface area contributed by atoms with Crippen LogP contribution in [0.15, 0.2) is 72.1 Å². The zero-order chi connectivity index (χ0) is 22.3. The molecule has 0 atom stereocenters. The van der Waals surface area contributed by atoms with Crippen molar-refractivity contribution in [3.05, 3.63) is 89.2 Å². The van der Waals surface area contributed by atoms with Crippen LogP contribution in [0.4, 0.5) is 0 Å². The van der Waals surface area contributed by atoms with E-state index in [1.54, 1.807) is 24.5 Å². The van der Waals surface area contributed by atoms with E-state index in [4.69, 9.17) is 0 Å². The number of unbranched alkanes of at least 4 members (excludes halogenated alkanes) is 1. The molecule has 0 aliphatic carbocycles. The van der Waals surface area contributed by atoms with Gasteiger partial charge in [0.2, 0.25) is 0 Å². The second-order valence-corrected chi connectivity index (χ2v) is 7.89. The number of aromatic amines is 1. The second kappa shape index (κ2) is 10.1. The molecule has 0 unspecified atom stereocenters. The number of fused-ring (bicyclic) bond motifs is 1. The van der Waals surface area contributed by atoms with Gasteiger partial charge in [0.15, 0.2) is 0 Å². The molecule has 0 radical (unpaired) electrons. The highest BCUT2D eigenvalue weighted by Gasteiger charge is 2.13. The Morgan fingerprint density at radius 3 is 2.62 bits per heavy atom. The maximum Gasteiger partial charge on any atom is 0.272 e. The van der Waals surface area contributed by atoms with Gasteiger partial charge in [-0.15, -0.1) is 0 Å². The van der Waals surface area contributed by atoms with Crippen molar-refractivity contribution in [2.45, 2.75) is 39.5 Å². The van der Waals surface area contributed by atoms with Gasteiger partial charge in [0.05, 0.1) is 17.5 Å². The van der Waals surface area contributed by atoms with Gasteiger partial charge in [0, 0.05) is 28.9 Å². The summed E-state index contributed by atoms with van der Waals surface area (Å²) in [7, 11) is 0. The Hall–Kier alpha value is -3.73. The van der Waals surface area contributed by atoms with E-state index in [0.717, 1.165) is 53.4 Å². The van der Waals surface area contributed by atoms with Gasteiger partial charge in [-0.05, 0) is 60.2 Å². The van der Waals surface area contributed by atoms with E-state index in [9.17, 15) is 4.79 Å². The lowest BCUT2D eigenvalue weighted by Crippen LogP contribution is -2.17. The van der Waals surface area contributed by atoms with Gasteiger partial charge in [-0.1, -0.05) is 50.6 Å². The largest absolute Gasteiger partial charge is 0.354 e. The third-order valence-electron chi connectivity index (χ3n) is 5.66. The molecule has 2 aromatic heterocycles. The van der Waals surface area contributed by atoms with Crippen LogP contribution >= 0.6 is 0 Å². The maximum atomic E-state index is 12.4. The number of aromatic nitrogens is 2. The average molecular weight is 425 g/mol. The van der Waals surface area contributed by atoms with Crippen molar-refractivity contribution in [2.24, 2.45) is 5.10 Å². The minimum Gasteiger partial charge on any atom is -0.354 e. The molecule has 2 N–H and O–H groups in total. The van der Waals surface area contributed by atoms with Gasteiger partial charge in [-0.2, -0.15) is 5.10 Å². The first-order valence-corrected chi connectivity index (χ1v) is 11.2. The first-order chi connectivity index (χ1) is 15.7. The highest BCUT2D eigenvalue weighted by molar-refractivity contribution is 6.06. The van der Waals surface area contributed by atoms with Gasteiger partial charge in [-0.25, -0.2) is 5.43 Å². The van der Waals surface area contributed by atoms with Crippen LogP contribution in [0.1, 0.15) is 53.7 Å². The molecule has 5 heteroatoms. The first-order valence-electron chi connectivity index (χ1n) is 11.2. The number of carbonyl (C=O) groups excluding carboxylic acids is 1. The number of hydrazone groups is 1. The van der Waals surface area contributed by atoms with Crippen LogP contribution in [0.3, 0.4) is 0 Å². The number of benzene rings is 2. The van der Waals surface area contributed by atoms with Gasteiger partial charge in [0.1, 0.15) is 0 Å². The van der Waals surface area contributed by atoms with E-state index in [2.05, 4.69) is 76.8 Å². The van der Waals surface area contributed by atoms with Crippen LogP contribution in [0.2, 0.25) is 0 Å². The molecule has 0 bridgehead atoms. The normalized spacial score (nSPS) is 11.3. The van der Waals surface area contributed by atoms with Crippen molar-refractivity contribution >= 4 is 23.0 Å². The summed E-state index contributed by atoms with van der Waals surface area (Å²) >= 11 is 0. The number of aryl methyl sites for hydroxylation is 2. The monoisotopic (exact) mass is 424 g/mol. The molecule has 0 saturated carbocycles. The molecular weight excluding hydrogens is 396 g/mol. The molecule has 0 spiro atoms. The van der Waals surface area contributed by atoms with Gasteiger partial charge >= 0.3 is 0 Å². The van der Waals surface area contributed by atoms with E-state index >= 15 is 0 Å². The molecule has 2 heterocycles. The Bertz CT molecular complexity index is 1220. The quantitative estimate of drug-likeness (QED) is 0.273. The van der Waals surface area contributed by atoms with Crippen molar-refractivity contribution in [1.29, 1.82) is 0 Å². The van der Waals surface area contributed by atoms with E-state index in [0.29, 0.717) is 5.56 Å². The molecule has 2 aromatic carbocycles. The Morgan fingerprint density at radius 2 is 1.91 bits per heavy atom. The molecule has 5 nitrogen and oxygen atoms in total. The summed E-state index contributed by atoms with van der Waals surface area (Å²) < 4.78 is 0. The predicted molar refractivity (Wildman–Crippen MR) is 131 cm³/mol. The maximum absolute atomic E-state index is 12.4. The van der Waals surface area contributed by atoms with E-state index in [-0.39, 0.29) is 5.91 Å². The lowest BCUT2D eigenvalue weighted by atomic mass is 10.0. The fraction of sp³-hybridized carbons (Fsp3) is 0.222. The molecule has 0 aliphatic rings. The van der Waals surface area contributed by atoms with Crippen molar-refractivity contribution in [2.75, 3.05) is 0 Å². The first kappa shape index (κ1) is 21.5. The highest BCUT2D eigenvalue weighted by Crippen LogP contribution is 2.30. The molecular formula is C27H28N4O. The second-order valence-electron chi connectivity index (χ2n) is 7.89. The Balaban J connectivity index is 1.71. The van der Waals surface area contributed by atoms with Crippen LogP contribution in [0.25, 0.3) is 22.2 Å². The number of hydrogen-bond acceptors (Lipinski definition) is 3. The van der Waals surface area contributed by atoms with Gasteiger partial charge in [-0.3, -0.25) is 9.78 Å². The van der Waals surface area contributed by atoms with E-state index < -0.39 is 0 Å². The zero-order valence-electron chi connectivity index (χ0n) is 18.6. The number of nitrogens with zero attached hydrogens (tertiary/aromatic N) is 2. The van der Waals surface area contributed by atoms with Crippen molar-refractivity contribution in [3.63, 3.8) is 0 Å². The van der Waals surface area contributed by atoms with Crippen LogP contribution in [0, 0.1) is 0 Å². The molecule has 0 fully saturated rings. The number of nitrogens with one attached hydrogen (secondary N) is 2. The zero-order valence-corrected chi connectivity index (χ0v) is 18.6. The van der Waals surface area contributed by atoms with Crippen molar-refractivity contribution in [3.8, 4) is 11.3 Å². The van der Waals surface area contributed by atoms with E-state index in [1.807, 2.05) is 0 Å². The SMILES string of the molecule is CCCCc1ccc2[nH]c(-c3ccc(CC)cc3)c(/C=N/NC(=O)c3cccnc3)c2c1. The van der Waals surface area contributed by atoms with Crippen LogP contribution in [0.5, 0.6) is 0 Å². The van der Waals surface area contributed by atoms with Crippen LogP contribution in [-0.2, 0) is 12.8 Å². The summed E-state index contributed by atoms with van der Waals surface area (Å²) in [6.45, 7) is 4.36. The summed E-state index contributed by atoms with van der Waals surface area (Å²) in [4.78, 5) is 19.9. The third kappa shape index (κ3) is 4.78. The molecule has 32 heavy (non-hydrogen) atoms. The number of amides is 1. The summed E-state index contributed by atoms with van der Waals surface area (Å²) in [6, 6.07) is 18.6. The van der Waals surface area contributed by atoms with Gasteiger partial charge in [0.25, 0.3) is 5.91 Å². The average Bonchev–Trinajstić information content (AvgIpc) is 3.21. The van der Waals surface area contributed by atoms with Gasteiger partial charge < -0.3 is 4.98 Å². The highest BCUT2D eigenvalue weighted by atomic mass is 16.2. The van der Waals surface area contributed by atoms with E-state index in [1.165, 1.54) is 17.3 Å². The summed E-state index contributed by atoms with van der Waals surface area (Å²) in [5.74, 6) is -0.285. The number of hydrogen-bond donors (Lipinski definition) is 2. The fourth-order valence-corrected chi connectivity index (χ4v) is 3.78. The standard InChI is InChI=1S/C27H28N4O/c1-3-5-7-20-11-14-25-23(16-20)24(18-29-31-27(32)22-8-6-15-28-17-22)26(30-25)21-12-9-19(4-2)10-13-21/h6,8-18,30H,3-5,7H2,1-2H3,(H,31,32)/b29-18+.